The second-order valence-electron chi connectivity index (χ2n) is 6.44. The summed E-state index contributed by atoms with van der Waals surface area (Å²) in [5, 5.41) is 6.19. The first-order chi connectivity index (χ1) is 13.7. The number of rotatable bonds is 21. The highest BCUT2D eigenvalue weighted by Gasteiger charge is 2.04. The predicted octanol–water partition coefficient (Wildman–Crippen LogP) is -0.701. The fourth-order valence-electron chi connectivity index (χ4n) is 2.34. The SMILES string of the molecule is NCCNCCNOC(=O)CCCCCCCCC(=O)ONCCNCCN. The van der Waals surface area contributed by atoms with Crippen molar-refractivity contribution in [2.75, 3.05) is 52.4 Å². The molecule has 0 bridgehead atoms. The Bertz CT molecular complexity index is 340. The molecule has 0 radical (unpaired) electrons. The molecule has 0 rings (SSSR count). The van der Waals surface area contributed by atoms with Crippen LogP contribution in [0.2, 0.25) is 0 Å². The molecular weight excluding hydrogens is 364 g/mol. The monoisotopic (exact) mass is 404 g/mol. The molecule has 0 heterocycles. The molecule has 0 aromatic heterocycles. The Morgan fingerprint density at radius 1 is 0.571 bits per heavy atom. The molecule has 0 amide bonds. The summed E-state index contributed by atoms with van der Waals surface area (Å²) in [5.74, 6) is -0.459. The van der Waals surface area contributed by atoms with Crippen LogP contribution in [0.3, 0.4) is 0 Å². The van der Waals surface area contributed by atoms with Gasteiger partial charge in [0.25, 0.3) is 0 Å². The second kappa shape index (κ2) is 22.0. The Morgan fingerprint density at radius 2 is 0.964 bits per heavy atom. The van der Waals surface area contributed by atoms with Gasteiger partial charge in [0.15, 0.2) is 0 Å². The third kappa shape index (κ3) is 21.0. The minimum atomic E-state index is -0.229. The number of hydroxylamine groups is 2. The maximum atomic E-state index is 11.5. The summed E-state index contributed by atoms with van der Waals surface area (Å²) in [6, 6.07) is 0. The summed E-state index contributed by atoms with van der Waals surface area (Å²) in [4.78, 5) is 32.9. The van der Waals surface area contributed by atoms with Crippen LogP contribution in [0.4, 0.5) is 0 Å². The minimum Gasteiger partial charge on any atom is -0.371 e. The van der Waals surface area contributed by atoms with Gasteiger partial charge in [0.1, 0.15) is 0 Å². The molecule has 0 saturated carbocycles. The van der Waals surface area contributed by atoms with Gasteiger partial charge in [0.05, 0.1) is 0 Å². The van der Waals surface area contributed by atoms with Crippen LogP contribution in [-0.4, -0.2) is 64.3 Å². The second-order valence-corrected chi connectivity index (χ2v) is 6.44. The van der Waals surface area contributed by atoms with E-state index in [0.717, 1.165) is 51.6 Å². The summed E-state index contributed by atoms with van der Waals surface area (Å²) < 4.78 is 0. The fourth-order valence-corrected chi connectivity index (χ4v) is 2.34. The zero-order valence-corrected chi connectivity index (χ0v) is 17.1. The van der Waals surface area contributed by atoms with E-state index >= 15 is 0 Å². The molecule has 0 aliphatic carbocycles. The van der Waals surface area contributed by atoms with Crippen LogP contribution in [0.5, 0.6) is 0 Å². The number of carbonyl (C=O) groups excluding carboxylic acids is 2. The van der Waals surface area contributed by atoms with Crippen LogP contribution in [0, 0.1) is 0 Å². The topological polar surface area (TPSA) is 153 Å². The lowest BCUT2D eigenvalue weighted by Gasteiger charge is -2.07. The predicted molar refractivity (Wildman–Crippen MR) is 109 cm³/mol. The van der Waals surface area contributed by atoms with Crippen molar-refractivity contribution in [3.63, 3.8) is 0 Å². The van der Waals surface area contributed by atoms with E-state index in [4.69, 9.17) is 21.1 Å². The average Bonchev–Trinajstić information content (AvgIpc) is 2.69. The maximum absolute atomic E-state index is 11.5. The molecule has 166 valence electrons. The third-order valence-electron chi connectivity index (χ3n) is 3.83. The number of nitrogens with two attached hydrogens (primary N) is 2. The molecule has 28 heavy (non-hydrogen) atoms. The zero-order chi connectivity index (χ0) is 20.7. The van der Waals surface area contributed by atoms with Gasteiger partial charge < -0.3 is 31.8 Å². The molecule has 0 atom stereocenters. The van der Waals surface area contributed by atoms with E-state index < -0.39 is 0 Å². The molecule has 0 aliphatic heterocycles. The van der Waals surface area contributed by atoms with Gasteiger partial charge in [-0.3, -0.25) is 9.59 Å². The molecule has 0 aromatic rings. The van der Waals surface area contributed by atoms with Crippen molar-refractivity contribution in [2.24, 2.45) is 11.5 Å². The van der Waals surface area contributed by atoms with Crippen molar-refractivity contribution in [3.8, 4) is 0 Å². The highest BCUT2D eigenvalue weighted by molar-refractivity contribution is 5.69. The minimum absolute atomic E-state index is 0.229. The lowest BCUT2D eigenvalue weighted by Crippen LogP contribution is -2.31. The van der Waals surface area contributed by atoms with Crippen LogP contribution in [0.1, 0.15) is 51.4 Å². The van der Waals surface area contributed by atoms with Crippen molar-refractivity contribution in [1.29, 1.82) is 0 Å². The van der Waals surface area contributed by atoms with E-state index in [1.54, 1.807) is 0 Å². The van der Waals surface area contributed by atoms with Crippen LogP contribution in [0.25, 0.3) is 0 Å². The largest absolute Gasteiger partial charge is 0.371 e. The van der Waals surface area contributed by atoms with Crippen molar-refractivity contribution < 1.29 is 19.3 Å². The summed E-state index contributed by atoms with van der Waals surface area (Å²) in [6.45, 7) is 5.23. The first kappa shape index (κ1) is 26.7. The molecule has 0 fully saturated rings. The van der Waals surface area contributed by atoms with Crippen LogP contribution in [0.15, 0.2) is 0 Å². The van der Waals surface area contributed by atoms with Gasteiger partial charge in [-0.05, 0) is 12.8 Å². The third-order valence-corrected chi connectivity index (χ3v) is 3.83. The molecule has 0 aromatic carbocycles. The van der Waals surface area contributed by atoms with E-state index in [0.29, 0.717) is 52.1 Å². The summed E-state index contributed by atoms with van der Waals surface area (Å²) in [7, 11) is 0. The maximum Gasteiger partial charge on any atom is 0.324 e. The molecule has 0 saturated heterocycles. The van der Waals surface area contributed by atoms with Crippen LogP contribution in [-0.2, 0) is 19.3 Å². The molecule has 10 heteroatoms. The summed E-state index contributed by atoms with van der Waals surface area (Å²) in [6.07, 6.45) is 6.52. The number of nitrogens with one attached hydrogen (secondary N) is 4. The van der Waals surface area contributed by atoms with Gasteiger partial charge in [-0.15, -0.1) is 0 Å². The van der Waals surface area contributed by atoms with Gasteiger partial charge in [0, 0.05) is 65.2 Å². The van der Waals surface area contributed by atoms with Crippen molar-refractivity contribution in [1.82, 2.24) is 21.6 Å². The molecule has 10 nitrogen and oxygen atoms in total. The van der Waals surface area contributed by atoms with Gasteiger partial charge in [-0.2, -0.15) is 11.0 Å². The van der Waals surface area contributed by atoms with Crippen molar-refractivity contribution in [3.05, 3.63) is 0 Å². The van der Waals surface area contributed by atoms with Gasteiger partial charge in [-0.1, -0.05) is 25.7 Å². The molecule has 0 spiro atoms. The lowest BCUT2D eigenvalue weighted by molar-refractivity contribution is -0.152. The Morgan fingerprint density at radius 3 is 1.36 bits per heavy atom. The highest BCUT2D eigenvalue weighted by Crippen LogP contribution is 2.09. The smallest absolute Gasteiger partial charge is 0.324 e. The van der Waals surface area contributed by atoms with Crippen LogP contribution >= 0.6 is 0 Å². The molecule has 0 aliphatic rings. The van der Waals surface area contributed by atoms with E-state index in [9.17, 15) is 9.59 Å². The first-order valence-electron chi connectivity index (χ1n) is 10.4. The van der Waals surface area contributed by atoms with Gasteiger partial charge in [-0.25, -0.2) is 0 Å². The van der Waals surface area contributed by atoms with E-state index in [1.165, 1.54) is 0 Å². The number of hydrogen-bond donors (Lipinski definition) is 6. The summed E-state index contributed by atoms with van der Waals surface area (Å²) in [5.41, 5.74) is 16.0. The standard InChI is InChI=1S/C18H40N6O4/c19-9-11-21-13-15-23-27-17(25)7-5-3-1-2-4-6-8-18(26)28-24-16-14-22-12-10-20/h21-24H,1-16,19-20H2. The van der Waals surface area contributed by atoms with Crippen molar-refractivity contribution >= 4 is 11.9 Å². The Balaban J connectivity index is 3.25. The fraction of sp³-hybridized carbons (Fsp3) is 0.889. The Hall–Kier alpha value is -1.30. The number of carbonyl (C=O) groups is 2. The number of unbranched alkanes of at least 4 members (excludes halogenated alkanes) is 5. The van der Waals surface area contributed by atoms with E-state index in [-0.39, 0.29) is 11.9 Å². The van der Waals surface area contributed by atoms with Crippen molar-refractivity contribution in [2.45, 2.75) is 51.4 Å². The molecule has 0 unspecified atom stereocenters. The average molecular weight is 405 g/mol. The Kier molecular flexibility index (Phi) is 21.0. The summed E-state index contributed by atoms with van der Waals surface area (Å²) >= 11 is 0. The zero-order valence-electron chi connectivity index (χ0n) is 17.1. The lowest BCUT2D eigenvalue weighted by atomic mass is 10.1. The van der Waals surface area contributed by atoms with Crippen LogP contribution < -0.4 is 33.1 Å². The number of hydrogen-bond acceptors (Lipinski definition) is 10. The highest BCUT2D eigenvalue weighted by atomic mass is 16.7. The van der Waals surface area contributed by atoms with E-state index in [1.807, 2.05) is 0 Å². The normalized spacial score (nSPS) is 10.8. The van der Waals surface area contributed by atoms with Gasteiger partial charge in [0.2, 0.25) is 0 Å². The molecular formula is C18H40N6O4. The Labute approximate surface area is 168 Å². The first-order valence-corrected chi connectivity index (χ1v) is 10.4. The van der Waals surface area contributed by atoms with E-state index in [2.05, 4.69) is 21.6 Å². The van der Waals surface area contributed by atoms with Gasteiger partial charge >= 0.3 is 11.9 Å². The quantitative estimate of drug-likeness (QED) is 0.107. The molecule has 8 N–H and O–H groups in total.